The summed E-state index contributed by atoms with van der Waals surface area (Å²) in [6.07, 6.45) is 0. The average molecular weight is 246 g/mol. The van der Waals surface area contributed by atoms with Crippen molar-refractivity contribution in [1.82, 2.24) is 0 Å². The Morgan fingerprint density at radius 1 is 0.737 bits per heavy atom. The third-order valence-electron chi connectivity index (χ3n) is 3.68. The van der Waals surface area contributed by atoms with Gasteiger partial charge >= 0.3 is 0 Å². The molecule has 0 aromatic heterocycles. The lowest BCUT2D eigenvalue weighted by Gasteiger charge is -2.20. The Labute approximate surface area is 112 Å². The molecular weight excluding hydrogens is 232 g/mol. The highest BCUT2D eigenvalue weighted by Crippen LogP contribution is 2.39. The second-order valence-electron chi connectivity index (χ2n) is 4.78. The van der Waals surface area contributed by atoms with Crippen LogP contribution in [0.5, 0.6) is 0 Å². The predicted molar refractivity (Wildman–Crippen MR) is 81.0 cm³/mol. The summed E-state index contributed by atoms with van der Waals surface area (Å²) in [5.74, 6) is 0. The summed E-state index contributed by atoms with van der Waals surface area (Å²) < 4.78 is 0. The van der Waals surface area contributed by atoms with Crippen molar-refractivity contribution in [2.45, 2.75) is 0 Å². The van der Waals surface area contributed by atoms with E-state index in [0.29, 0.717) is 0 Å². The summed E-state index contributed by atoms with van der Waals surface area (Å²) in [5, 5.41) is 6.02. The van der Waals surface area contributed by atoms with Gasteiger partial charge in [0.1, 0.15) is 0 Å². The summed E-state index contributed by atoms with van der Waals surface area (Å²) in [7, 11) is 0. The molecule has 0 amide bonds. The average Bonchev–Trinajstić information content (AvgIpc) is 2.90. The highest BCUT2D eigenvalue weighted by atomic mass is 15.3. The fourth-order valence-corrected chi connectivity index (χ4v) is 2.77. The van der Waals surface area contributed by atoms with Crippen LogP contribution >= 0.6 is 0 Å². The lowest BCUT2D eigenvalue weighted by atomic mass is 10.1. The normalized spacial score (nSPS) is 13.4. The molecular formula is C17H14N2. The maximum Gasteiger partial charge on any atom is 0.0927 e. The first kappa shape index (κ1) is 10.4. The van der Waals surface area contributed by atoms with Gasteiger partial charge in [-0.25, -0.2) is 0 Å². The van der Waals surface area contributed by atoms with E-state index in [2.05, 4.69) is 76.9 Å². The van der Waals surface area contributed by atoms with E-state index in [1.165, 1.54) is 27.8 Å². The third kappa shape index (κ3) is 1.57. The van der Waals surface area contributed by atoms with Crippen LogP contribution in [0.2, 0.25) is 0 Å². The zero-order chi connectivity index (χ0) is 12.7. The molecule has 92 valence electrons. The molecule has 1 aliphatic heterocycles. The summed E-state index contributed by atoms with van der Waals surface area (Å²) in [5.41, 5.74) is 3.71. The fourth-order valence-electron chi connectivity index (χ4n) is 2.77. The van der Waals surface area contributed by atoms with E-state index < -0.39 is 0 Å². The van der Waals surface area contributed by atoms with Gasteiger partial charge in [0.05, 0.1) is 23.7 Å². The molecule has 0 atom stereocenters. The van der Waals surface area contributed by atoms with Gasteiger partial charge in [-0.05, 0) is 23.6 Å². The van der Waals surface area contributed by atoms with Crippen molar-refractivity contribution in [2.75, 3.05) is 16.9 Å². The maximum absolute atomic E-state index is 3.44. The first-order valence-electron chi connectivity index (χ1n) is 6.52. The van der Waals surface area contributed by atoms with Crippen LogP contribution in [-0.2, 0) is 0 Å². The van der Waals surface area contributed by atoms with Gasteiger partial charge in [-0.3, -0.25) is 0 Å². The van der Waals surface area contributed by atoms with Gasteiger partial charge in [0.15, 0.2) is 0 Å². The molecule has 3 aromatic rings. The summed E-state index contributed by atoms with van der Waals surface area (Å²) in [6.45, 7) is 0.827. The minimum Gasteiger partial charge on any atom is -0.366 e. The Kier molecular flexibility index (Phi) is 2.21. The lowest BCUT2D eigenvalue weighted by Crippen LogP contribution is -2.16. The number of hydrogen-bond acceptors (Lipinski definition) is 2. The molecule has 0 aliphatic carbocycles. The zero-order valence-corrected chi connectivity index (χ0v) is 10.5. The van der Waals surface area contributed by atoms with E-state index in [1.54, 1.807) is 0 Å². The largest absolute Gasteiger partial charge is 0.366 e. The number of fused-ring (bicyclic) bond motifs is 2. The van der Waals surface area contributed by atoms with Crippen molar-refractivity contribution in [1.29, 1.82) is 0 Å². The van der Waals surface area contributed by atoms with Crippen LogP contribution in [0.3, 0.4) is 0 Å². The number of rotatable bonds is 1. The van der Waals surface area contributed by atoms with Crippen molar-refractivity contribution >= 4 is 27.8 Å². The molecule has 4 rings (SSSR count). The molecule has 0 radical (unpaired) electrons. The minimum atomic E-state index is 0.827. The standard InChI is InChI=1S/C17H14N2/c1-2-8-14-13(6-1)7-5-11-16(14)19-12-18-15-9-3-4-10-17(15)19/h1-11,18H,12H2. The molecule has 1 N–H and O–H groups in total. The van der Waals surface area contributed by atoms with Gasteiger partial charge in [0.2, 0.25) is 0 Å². The van der Waals surface area contributed by atoms with E-state index in [9.17, 15) is 0 Å². The van der Waals surface area contributed by atoms with Crippen LogP contribution in [-0.4, -0.2) is 6.67 Å². The lowest BCUT2D eigenvalue weighted by molar-refractivity contribution is 1.10. The van der Waals surface area contributed by atoms with Gasteiger partial charge < -0.3 is 10.2 Å². The van der Waals surface area contributed by atoms with Gasteiger partial charge in [-0.1, -0.05) is 48.5 Å². The van der Waals surface area contributed by atoms with Crippen molar-refractivity contribution in [3.05, 3.63) is 66.7 Å². The highest BCUT2D eigenvalue weighted by Gasteiger charge is 2.20. The van der Waals surface area contributed by atoms with Crippen LogP contribution in [0.1, 0.15) is 0 Å². The quantitative estimate of drug-likeness (QED) is 0.686. The number of benzene rings is 3. The molecule has 0 fully saturated rings. The number of nitrogens with one attached hydrogen (secondary N) is 1. The van der Waals surface area contributed by atoms with Crippen LogP contribution in [0, 0.1) is 0 Å². The van der Waals surface area contributed by atoms with E-state index in [-0.39, 0.29) is 0 Å². The Hall–Kier alpha value is -2.48. The zero-order valence-electron chi connectivity index (χ0n) is 10.5. The summed E-state index contributed by atoms with van der Waals surface area (Å²) in [4.78, 5) is 2.33. The number of para-hydroxylation sites is 2. The summed E-state index contributed by atoms with van der Waals surface area (Å²) in [6, 6.07) is 23.4. The molecule has 0 unspecified atom stereocenters. The number of anilines is 3. The number of nitrogens with zero attached hydrogens (tertiary/aromatic N) is 1. The molecule has 19 heavy (non-hydrogen) atoms. The topological polar surface area (TPSA) is 15.3 Å². The smallest absolute Gasteiger partial charge is 0.0927 e. The van der Waals surface area contributed by atoms with E-state index in [0.717, 1.165) is 6.67 Å². The highest BCUT2D eigenvalue weighted by molar-refractivity contribution is 5.98. The Balaban J connectivity index is 1.93. The monoisotopic (exact) mass is 246 g/mol. The van der Waals surface area contributed by atoms with Crippen LogP contribution < -0.4 is 10.2 Å². The molecule has 0 saturated heterocycles. The molecule has 0 spiro atoms. The van der Waals surface area contributed by atoms with Crippen molar-refractivity contribution in [2.24, 2.45) is 0 Å². The van der Waals surface area contributed by atoms with Crippen molar-refractivity contribution < 1.29 is 0 Å². The third-order valence-corrected chi connectivity index (χ3v) is 3.68. The maximum atomic E-state index is 3.44. The number of hydrogen-bond donors (Lipinski definition) is 1. The van der Waals surface area contributed by atoms with Crippen LogP contribution in [0.25, 0.3) is 10.8 Å². The Bertz CT molecular complexity index is 744. The minimum absolute atomic E-state index is 0.827. The van der Waals surface area contributed by atoms with Gasteiger partial charge in [-0.15, -0.1) is 0 Å². The van der Waals surface area contributed by atoms with Gasteiger partial charge in [0, 0.05) is 5.39 Å². The molecule has 2 heteroatoms. The van der Waals surface area contributed by atoms with E-state index >= 15 is 0 Å². The second kappa shape index (κ2) is 4.02. The predicted octanol–water partition coefficient (Wildman–Crippen LogP) is 4.36. The first-order chi connectivity index (χ1) is 9.43. The molecule has 3 aromatic carbocycles. The molecule has 1 heterocycles. The summed E-state index contributed by atoms with van der Waals surface area (Å²) >= 11 is 0. The van der Waals surface area contributed by atoms with E-state index in [4.69, 9.17) is 0 Å². The Morgan fingerprint density at radius 3 is 2.47 bits per heavy atom. The molecule has 0 bridgehead atoms. The van der Waals surface area contributed by atoms with Crippen LogP contribution in [0.15, 0.2) is 66.7 Å². The molecule has 2 nitrogen and oxygen atoms in total. The first-order valence-corrected chi connectivity index (χ1v) is 6.52. The van der Waals surface area contributed by atoms with Gasteiger partial charge in [-0.2, -0.15) is 0 Å². The van der Waals surface area contributed by atoms with Crippen molar-refractivity contribution in [3.8, 4) is 0 Å². The van der Waals surface area contributed by atoms with Gasteiger partial charge in [0.25, 0.3) is 0 Å². The Morgan fingerprint density at radius 2 is 1.47 bits per heavy atom. The SMILES string of the molecule is c1ccc2c(c1)NCN2c1cccc2ccccc12. The fraction of sp³-hybridized carbons (Fsp3) is 0.0588. The second-order valence-corrected chi connectivity index (χ2v) is 4.78. The molecule has 1 aliphatic rings. The van der Waals surface area contributed by atoms with E-state index in [1.807, 2.05) is 0 Å². The molecule has 0 saturated carbocycles. The van der Waals surface area contributed by atoms with Crippen LogP contribution in [0.4, 0.5) is 17.1 Å². The van der Waals surface area contributed by atoms with Crippen molar-refractivity contribution in [3.63, 3.8) is 0 Å².